The summed E-state index contributed by atoms with van der Waals surface area (Å²) in [5, 5.41) is 33.2. The largest absolute Gasteiger partial charge is 1.00 e. The topological polar surface area (TPSA) is 73.2 Å². The molecule has 1 spiro atoms. The van der Waals surface area contributed by atoms with Crippen LogP contribution in [0.15, 0.2) is 12.1 Å². The van der Waals surface area contributed by atoms with Crippen molar-refractivity contribution in [2.45, 2.75) is 74.2 Å². The Morgan fingerprint density at radius 1 is 1.19 bits per heavy atom. The third kappa shape index (κ3) is 2.01. The molecule has 6 rings (SSSR count). The maximum Gasteiger partial charge on any atom is 0.165 e. The number of aliphatic hydroxyl groups excluding tert-OH is 1. The van der Waals surface area contributed by atoms with Gasteiger partial charge in [-0.25, -0.2) is 0 Å². The van der Waals surface area contributed by atoms with E-state index < -0.39 is 23.2 Å². The minimum absolute atomic E-state index is 0. The molecule has 2 saturated carbocycles. The fourth-order valence-corrected chi connectivity index (χ4v) is 6.83. The molecule has 3 N–H and O–H groups in total. The molecule has 5 atom stereocenters. The molecule has 148 valence electrons. The molecule has 0 aromatic heterocycles. The van der Waals surface area contributed by atoms with Gasteiger partial charge in [-0.2, -0.15) is 0 Å². The van der Waals surface area contributed by atoms with E-state index in [4.69, 9.17) is 4.74 Å². The normalized spacial score (nSPS) is 41.9. The van der Waals surface area contributed by atoms with Gasteiger partial charge in [0.05, 0.1) is 17.1 Å². The lowest BCUT2D eigenvalue weighted by Crippen LogP contribution is -3.00. The molecular formula is C21H27ClNO4-. The van der Waals surface area contributed by atoms with Crippen molar-refractivity contribution in [1.82, 2.24) is 4.90 Å². The Kier molecular flexibility index (Phi) is 3.85. The average molecular weight is 393 g/mol. The summed E-state index contributed by atoms with van der Waals surface area (Å²) in [4.78, 5) is 2.53. The fourth-order valence-electron chi connectivity index (χ4n) is 6.83. The van der Waals surface area contributed by atoms with Crippen molar-refractivity contribution in [3.63, 3.8) is 0 Å². The van der Waals surface area contributed by atoms with Gasteiger partial charge >= 0.3 is 0 Å². The summed E-state index contributed by atoms with van der Waals surface area (Å²) in [6.07, 6.45) is 5.68. The molecule has 1 aromatic rings. The highest BCUT2D eigenvalue weighted by molar-refractivity contribution is 5.62. The molecule has 0 unspecified atom stereocenters. The third-order valence-corrected chi connectivity index (χ3v) is 8.26. The predicted molar refractivity (Wildman–Crippen MR) is 95.4 cm³/mol. The number of benzene rings is 1. The molecule has 27 heavy (non-hydrogen) atoms. The lowest BCUT2D eigenvalue weighted by atomic mass is 9.48. The number of likely N-dealkylation sites (tertiary alicyclic amines) is 1. The van der Waals surface area contributed by atoms with Crippen molar-refractivity contribution < 1.29 is 32.5 Å². The first kappa shape index (κ1) is 18.0. The fraction of sp³-hybridized carbons (Fsp3) is 0.714. The van der Waals surface area contributed by atoms with Gasteiger partial charge in [0.25, 0.3) is 0 Å². The third-order valence-electron chi connectivity index (χ3n) is 8.26. The Morgan fingerprint density at radius 3 is 2.74 bits per heavy atom. The molecule has 2 bridgehead atoms. The summed E-state index contributed by atoms with van der Waals surface area (Å²) >= 11 is 0. The van der Waals surface area contributed by atoms with Gasteiger partial charge in [0.2, 0.25) is 0 Å². The van der Waals surface area contributed by atoms with Crippen molar-refractivity contribution in [2.75, 3.05) is 13.1 Å². The molecular weight excluding hydrogens is 366 g/mol. The first-order valence-corrected chi connectivity index (χ1v) is 10.2. The molecule has 2 heterocycles. The zero-order valence-electron chi connectivity index (χ0n) is 15.4. The van der Waals surface area contributed by atoms with Crippen LogP contribution in [0, 0.1) is 5.92 Å². The number of hydrogen-bond donors (Lipinski definition) is 3. The SMILES string of the molecule is Oc1ccc2c3c1O[C@H]1[C@@H](O)CC[C@@]4(O)[C@@H](C2)N(CC2CCC2)CC[C@]314.[Cl-]. The first-order chi connectivity index (χ1) is 12.5. The van der Waals surface area contributed by atoms with Crippen molar-refractivity contribution in [3.8, 4) is 11.5 Å². The lowest BCUT2D eigenvalue weighted by molar-refractivity contribution is -0.209. The Labute approximate surface area is 165 Å². The number of piperidine rings is 1. The summed E-state index contributed by atoms with van der Waals surface area (Å²) in [7, 11) is 0. The van der Waals surface area contributed by atoms with Crippen LogP contribution in [0.1, 0.15) is 49.7 Å². The Balaban J connectivity index is 0.00000160. The maximum atomic E-state index is 12.1. The molecule has 1 aromatic carbocycles. The quantitative estimate of drug-likeness (QED) is 0.584. The molecule has 5 aliphatic rings. The minimum atomic E-state index is -0.884. The summed E-state index contributed by atoms with van der Waals surface area (Å²) in [6, 6.07) is 3.80. The van der Waals surface area contributed by atoms with Crippen LogP contribution in [0.25, 0.3) is 0 Å². The molecule has 6 heteroatoms. The number of phenolic OH excluding ortho intramolecular Hbond substituents is 1. The average Bonchev–Trinajstić information content (AvgIpc) is 2.93. The standard InChI is InChI=1S/C21H27NO4.ClH/c23-14-5-4-13-10-16-21(25)7-6-15(24)19-20(21,17(13)18(14)26-19)8-9-22(16)11-12-2-1-3-12;/h4-5,12,15-16,19,23-25H,1-3,6-11H2;1H/p-1/t15-,16+,19-,20-,21+;/m0./s1. The van der Waals surface area contributed by atoms with Crippen LogP contribution >= 0.6 is 0 Å². The van der Waals surface area contributed by atoms with Crippen molar-refractivity contribution in [3.05, 3.63) is 23.3 Å². The molecule has 3 aliphatic carbocycles. The van der Waals surface area contributed by atoms with Crippen molar-refractivity contribution in [2.24, 2.45) is 5.92 Å². The molecule has 1 saturated heterocycles. The second-order valence-electron chi connectivity index (χ2n) is 9.25. The van der Waals surface area contributed by atoms with Gasteiger partial charge in [0.15, 0.2) is 11.5 Å². The molecule has 0 radical (unpaired) electrons. The molecule has 2 aliphatic heterocycles. The number of nitrogens with zero attached hydrogens (tertiary/aromatic N) is 1. The van der Waals surface area contributed by atoms with Gasteiger partial charge < -0.3 is 32.5 Å². The summed E-state index contributed by atoms with van der Waals surface area (Å²) < 4.78 is 6.16. The predicted octanol–water partition coefficient (Wildman–Crippen LogP) is -1.29. The van der Waals surface area contributed by atoms with Gasteiger partial charge in [0.1, 0.15) is 6.10 Å². The van der Waals surface area contributed by atoms with E-state index in [2.05, 4.69) is 4.90 Å². The van der Waals surface area contributed by atoms with Gasteiger partial charge in [-0.15, -0.1) is 0 Å². The summed E-state index contributed by atoms with van der Waals surface area (Å²) in [5.41, 5.74) is 0.712. The van der Waals surface area contributed by atoms with Crippen molar-refractivity contribution in [1.29, 1.82) is 0 Å². The van der Waals surface area contributed by atoms with E-state index in [1.54, 1.807) is 6.07 Å². The second-order valence-corrected chi connectivity index (χ2v) is 9.25. The number of phenols is 1. The second kappa shape index (κ2) is 5.76. The first-order valence-electron chi connectivity index (χ1n) is 10.2. The van der Waals surface area contributed by atoms with E-state index in [-0.39, 0.29) is 24.2 Å². The van der Waals surface area contributed by atoms with Gasteiger partial charge in [-0.1, -0.05) is 12.5 Å². The van der Waals surface area contributed by atoms with E-state index >= 15 is 0 Å². The van der Waals surface area contributed by atoms with E-state index in [1.165, 1.54) is 24.8 Å². The van der Waals surface area contributed by atoms with E-state index in [0.29, 0.717) is 18.6 Å². The highest BCUT2D eigenvalue weighted by atomic mass is 35.5. The van der Waals surface area contributed by atoms with Crippen LogP contribution in [-0.4, -0.2) is 57.2 Å². The van der Waals surface area contributed by atoms with Crippen molar-refractivity contribution >= 4 is 0 Å². The smallest absolute Gasteiger partial charge is 0.165 e. The number of hydrogen-bond acceptors (Lipinski definition) is 5. The maximum absolute atomic E-state index is 12.1. The van der Waals surface area contributed by atoms with E-state index in [0.717, 1.165) is 37.4 Å². The van der Waals surface area contributed by atoms with E-state index in [9.17, 15) is 15.3 Å². The summed E-state index contributed by atoms with van der Waals surface area (Å²) in [5.74, 6) is 1.42. The number of aromatic hydroxyl groups is 1. The van der Waals surface area contributed by atoms with Crippen LogP contribution in [0.4, 0.5) is 0 Å². The highest BCUT2D eigenvalue weighted by Crippen LogP contribution is 2.65. The minimum Gasteiger partial charge on any atom is -1.00 e. The highest BCUT2D eigenvalue weighted by Gasteiger charge is 2.72. The molecule has 3 fully saturated rings. The van der Waals surface area contributed by atoms with Crippen LogP contribution in [0.3, 0.4) is 0 Å². The van der Waals surface area contributed by atoms with Gasteiger partial charge in [-0.05, 0) is 62.6 Å². The monoisotopic (exact) mass is 392 g/mol. The van der Waals surface area contributed by atoms with Crippen LogP contribution in [0.5, 0.6) is 11.5 Å². The van der Waals surface area contributed by atoms with Crippen LogP contribution < -0.4 is 17.1 Å². The van der Waals surface area contributed by atoms with E-state index in [1.807, 2.05) is 6.07 Å². The lowest BCUT2D eigenvalue weighted by Gasteiger charge is -2.64. The number of halogens is 1. The van der Waals surface area contributed by atoms with Gasteiger partial charge in [-0.3, -0.25) is 4.90 Å². The van der Waals surface area contributed by atoms with Gasteiger partial charge in [0, 0.05) is 18.2 Å². The zero-order valence-corrected chi connectivity index (χ0v) is 16.2. The summed E-state index contributed by atoms with van der Waals surface area (Å²) in [6.45, 7) is 2.02. The Hall–Kier alpha value is -1.01. The van der Waals surface area contributed by atoms with Crippen LogP contribution in [-0.2, 0) is 11.8 Å². The molecule has 5 nitrogen and oxygen atoms in total. The van der Waals surface area contributed by atoms with Crippen LogP contribution in [0.2, 0.25) is 0 Å². The number of ether oxygens (including phenoxy) is 1. The zero-order chi connectivity index (χ0) is 17.7. The Morgan fingerprint density at radius 2 is 2.00 bits per heavy atom. The number of rotatable bonds is 2. The number of aliphatic hydroxyl groups is 2. The molecule has 0 amide bonds. The Bertz CT molecular complexity index is 784.